The second kappa shape index (κ2) is 6.17. The van der Waals surface area contributed by atoms with E-state index in [0.29, 0.717) is 17.0 Å². The Balaban J connectivity index is 2.18. The van der Waals surface area contributed by atoms with Gasteiger partial charge in [0.25, 0.3) is 0 Å². The maximum absolute atomic E-state index is 12.3. The molecule has 0 saturated carbocycles. The van der Waals surface area contributed by atoms with Gasteiger partial charge in [-0.2, -0.15) is 0 Å². The van der Waals surface area contributed by atoms with E-state index in [2.05, 4.69) is 4.72 Å². The molecule has 0 aliphatic carbocycles. The predicted molar refractivity (Wildman–Crippen MR) is 79.5 cm³/mol. The molecule has 20 heavy (non-hydrogen) atoms. The lowest BCUT2D eigenvalue weighted by Crippen LogP contribution is -2.24. The highest BCUT2D eigenvalue weighted by Crippen LogP contribution is 2.17. The molecule has 0 aliphatic rings. The first kappa shape index (κ1) is 14.7. The zero-order chi connectivity index (χ0) is 14.6. The number of rotatable bonds is 5. The molecule has 2 aromatic rings. The van der Waals surface area contributed by atoms with Crippen LogP contribution in [-0.2, 0) is 23.1 Å². The normalized spacial score (nSPS) is 11.5. The third kappa shape index (κ3) is 3.45. The molecule has 0 atom stereocenters. The van der Waals surface area contributed by atoms with Crippen LogP contribution >= 0.6 is 0 Å². The molecule has 0 bridgehead atoms. The summed E-state index contributed by atoms with van der Waals surface area (Å²) in [6.45, 7) is 2.45. The topological polar surface area (TPSA) is 72.2 Å². The van der Waals surface area contributed by atoms with Crippen molar-refractivity contribution in [3.8, 4) is 0 Å². The first-order valence-electron chi connectivity index (χ1n) is 6.36. The Morgan fingerprint density at radius 3 is 2.35 bits per heavy atom. The summed E-state index contributed by atoms with van der Waals surface area (Å²) in [6.07, 6.45) is 0. The average molecular weight is 290 g/mol. The molecule has 0 amide bonds. The summed E-state index contributed by atoms with van der Waals surface area (Å²) in [7, 11) is -3.50. The van der Waals surface area contributed by atoms with Crippen molar-refractivity contribution in [2.45, 2.75) is 24.9 Å². The zero-order valence-corrected chi connectivity index (χ0v) is 12.2. The van der Waals surface area contributed by atoms with Gasteiger partial charge in [0.1, 0.15) is 0 Å². The minimum Gasteiger partial charge on any atom is -0.326 e. The van der Waals surface area contributed by atoms with Crippen LogP contribution in [0.1, 0.15) is 16.7 Å². The fraction of sp³-hybridized carbons (Fsp3) is 0.200. The van der Waals surface area contributed by atoms with Crippen LogP contribution in [0.3, 0.4) is 0 Å². The van der Waals surface area contributed by atoms with Crippen molar-refractivity contribution < 1.29 is 8.42 Å². The lowest BCUT2D eigenvalue weighted by molar-refractivity contribution is 0.580. The molecular formula is C15H18N2O2S. The van der Waals surface area contributed by atoms with E-state index in [9.17, 15) is 8.42 Å². The highest BCUT2D eigenvalue weighted by atomic mass is 32.2. The minimum absolute atomic E-state index is 0.279. The molecule has 0 spiro atoms. The van der Waals surface area contributed by atoms with Gasteiger partial charge in [0, 0.05) is 13.1 Å². The predicted octanol–water partition coefficient (Wildman–Crippen LogP) is 1.93. The molecule has 106 valence electrons. The largest absolute Gasteiger partial charge is 0.326 e. The lowest BCUT2D eigenvalue weighted by Gasteiger charge is -2.10. The number of benzene rings is 2. The Bertz CT molecular complexity index is 682. The fourth-order valence-corrected chi connectivity index (χ4v) is 3.23. The van der Waals surface area contributed by atoms with Gasteiger partial charge in [-0.15, -0.1) is 0 Å². The second-order valence-electron chi connectivity index (χ2n) is 4.61. The summed E-state index contributed by atoms with van der Waals surface area (Å²) < 4.78 is 27.2. The summed E-state index contributed by atoms with van der Waals surface area (Å²) in [5.74, 6) is 0. The average Bonchev–Trinajstić information content (AvgIpc) is 2.46. The van der Waals surface area contributed by atoms with Crippen LogP contribution in [-0.4, -0.2) is 8.42 Å². The third-order valence-electron chi connectivity index (χ3n) is 3.07. The molecule has 2 aromatic carbocycles. The maximum atomic E-state index is 12.3. The highest BCUT2D eigenvalue weighted by molar-refractivity contribution is 7.89. The Morgan fingerprint density at radius 2 is 1.75 bits per heavy atom. The quantitative estimate of drug-likeness (QED) is 0.884. The van der Waals surface area contributed by atoms with Gasteiger partial charge in [-0.05, 0) is 29.7 Å². The van der Waals surface area contributed by atoms with Crippen molar-refractivity contribution in [2.24, 2.45) is 5.73 Å². The van der Waals surface area contributed by atoms with E-state index in [4.69, 9.17) is 5.73 Å². The van der Waals surface area contributed by atoms with Gasteiger partial charge in [0.05, 0.1) is 4.90 Å². The van der Waals surface area contributed by atoms with Crippen molar-refractivity contribution in [3.05, 3.63) is 65.2 Å². The number of hydrogen-bond acceptors (Lipinski definition) is 3. The van der Waals surface area contributed by atoms with Crippen LogP contribution in [0.15, 0.2) is 53.4 Å². The Labute approximate surface area is 119 Å². The van der Waals surface area contributed by atoms with Crippen LogP contribution in [0.4, 0.5) is 0 Å². The highest BCUT2D eigenvalue weighted by Gasteiger charge is 2.16. The van der Waals surface area contributed by atoms with E-state index in [1.165, 1.54) is 0 Å². The zero-order valence-electron chi connectivity index (χ0n) is 11.3. The maximum Gasteiger partial charge on any atom is 0.241 e. The molecule has 0 aromatic heterocycles. The van der Waals surface area contributed by atoms with E-state index < -0.39 is 10.0 Å². The Morgan fingerprint density at radius 1 is 1.05 bits per heavy atom. The smallest absolute Gasteiger partial charge is 0.241 e. The third-order valence-corrected chi connectivity index (χ3v) is 4.64. The van der Waals surface area contributed by atoms with Gasteiger partial charge in [-0.25, -0.2) is 13.1 Å². The number of sulfonamides is 1. The number of aryl methyl sites for hydroxylation is 1. The monoisotopic (exact) mass is 290 g/mol. The van der Waals surface area contributed by atoms with Gasteiger partial charge < -0.3 is 5.73 Å². The molecule has 0 unspecified atom stereocenters. The lowest BCUT2D eigenvalue weighted by atomic mass is 10.1. The van der Waals surface area contributed by atoms with Crippen molar-refractivity contribution in [1.82, 2.24) is 4.72 Å². The molecule has 2 rings (SSSR count). The second-order valence-corrected chi connectivity index (χ2v) is 6.35. The van der Waals surface area contributed by atoms with Crippen molar-refractivity contribution >= 4 is 10.0 Å². The molecule has 0 fully saturated rings. The summed E-state index contributed by atoms with van der Waals surface area (Å²) in [5.41, 5.74) is 8.09. The molecule has 4 nitrogen and oxygen atoms in total. The van der Waals surface area contributed by atoms with Crippen molar-refractivity contribution in [3.63, 3.8) is 0 Å². The molecule has 0 heterocycles. The van der Waals surface area contributed by atoms with E-state index in [-0.39, 0.29) is 6.54 Å². The first-order chi connectivity index (χ1) is 9.53. The van der Waals surface area contributed by atoms with Gasteiger partial charge in [-0.3, -0.25) is 0 Å². The van der Waals surface area contributed by atoms with Crippen LogP contribution in [0.2, 0.25) is 0 Å². The van der Waals surface area contributed by atoms with Crippen molar-refractivity contribution in [2.75, 3.05) is 0 Å². The van der Waals surface area contributed by atoms with Crippen LogP contribution in [0.5, 0.6) is 0 Å². The van der Waals surface area contributed by atoms with E-state index >= 15 is 0 Å². The van der Waals surface area contributed by atoms with Gasteiger partial charge in [0.2, 0.25) is 10.0 Å². The van der Waals surface area contributed by atoms with Gasteiger partial charge >= 0.3 is 0 Å². The Hall–Kier alpha value is -1.69. The van der Waals surface area contributed by atoms with Gasteiger partial charge in [-0.1, -0.05) is 42.5 Å². The molecule has 0 radical (unpaired) electrons. The minimum atomic E-state index is -3.50. The van der Waals surface area contributed by atoms with Crippen molar-refractivity contribution in [1.29, 1.82) is 0 Å². The summed E-state index contributed by atoms with van der Waals surface area (Å²) in [5, 5.41) is 0. The SMILES string of the molecule is Cc1cc(CN)ccc1S(=O)(=O)NCc1ccccc1. The molecule has 0 aliphatic heterocycles. The molecular weight excluding hydrogens is 272 g/mol. The molecule has 3 N–H and O–H groups in total. The Kier molecular flexibility index (Phi) is 4.54. The summed E-state index contributed by atoms with van der Waals surface area (Å²) in [4.78, 5) is 0.297. The summed E-state index contributed by atoms with van der Waals surface area (Å²) >= 11 is 0. The van der Waals surface area contributed by atoms with E-state index in [1.54, 1.807) is 25.1 Å². The molecule has 5 heteroatoms. The van der Waals surface area contributed by atoms with Gasteiger partial charge in [0.15, 0.2) is 0 Å². The van der Waals surface area contributed by atoms with Crippen LogP contribution in [0.25, 0.3) is 0 Å². The van der Waals surface area contributed by atoms with Crippen LogP contribution in [0, 0.1) is 6.92 Å². The molecule has 0 saturated heterocycles. The number of nitrogens with two attached hydrogens (primary N) is 1. The standard InChI is InChI=1S/C15H18N2O2S/c1-12-9-14(10-16)7-8-15(12)20(18,19)17-11-13-5-3-2-4-6-13/h2-9,17H,10-11,16H2,1H3. The number of nitrogens with one attached hydrogen (secondary N) is 1. The van der Waals surface area contributed by atoms with E-state index in [1.807, 2.05) is 30.3 Å². The summed E-state index contributed by atoms with van der Waals surface area (Å²) in [6, 6.07) is 14.6. The van der Waals surface area contributed by atoms with E-state index in [0.717, 1.165) is 11.1 Å². The fourth-order valence-electron chi connectivity index (χ4n) is 1.99. The number of hydrogen-bond donors (Lipinski definition) is 2. The first-order valence-corrected chi connectivity index (χ1v) is 7.84. The van der Waals surface area contributed by atoms with Crippen LogP contribution < -0.4 is 10.5 Å².